The van der Waals surface area contributed by atoms with Gasteiger partial charge in [-0.15, -0.1) is 0 Å². The molecule has 1 spiro atoms. The number of methoxy groups -OCH3 is 1. The van der Waals surface area contributed by atoms with Gasteiger partial charge in [0.15, 0.2) is 0 Å². The third-order valence-electron chi connectivity index (χ3n) is 3.65. The molecule has 2 aliphatic heterocycles. The second-order valence-electron chi connectivity index (χ2n) is 4.32. The fraction of sp³-hybridized carbons (Fsp3) is 0.900. The first-order valence-electron chi connectivity index (χ1n) is 5.28. The maximum absolute atomic E-state index is 11.6. The number of ether oxygens (including phenoxy) is 1. The maximum atomic E-state index is 11.6. The summed E-state index contributed by atoms with van der Waals surface area (Å²) < 4.78 is 4.86. The smallest absolute Gasteiger partial charge is 0.310 e. The molecule has 14 heavy (non-hydrogen) atoms. The molecule has 0 aromatic heterocycles. The van der Waals surface area contributed by atoms with E-state index in [0.717, 1.165) is 39.0 Å². The summed E-state index contributed by atoms with van der Waals surface area (Å²) in [6.07, 6.45) is 2.17. The number of hydrogen-bond acceptors (Lipinski definition) is 4. The summed E-state index contributed by atoms with van der Waals surface area (Å²) in [4.78, 5) is 11.6. The van der Waals surface area contributed by atoms with E-state index in [1.807, 2.05) is 0 Å². The van der Waals surface area contributed by atoms with Crippen molar-refractivity contribution >= 4 is 5.97 Å². The average Bonchev–Trinajstić information content (AvgIpc) is 2.62. The Balaban J connectivity index is 2.11. The lowest BCUT2D eigenvalue weighted by Gasteiger charge is -2.36. The van der Waals surface area contributed by atoms with E-state index in [1.165, 1.54) is 7.11 Å². The van der Waals surface area contributed by atoms with Gasteiger partial charge in [-0.2, -0.15) is 0 Å². The highest BCUT2D eigenvalue weighted by atomic mass is 16.5. The van der Waals surface area contributed by atoms with Gasteiger partial charge in [0.1, 0.15) is 0 Å². The van der Waals surface area contributed by atoms with E-state index in [2.05, 4.69) is 10.6 Å². The number of piperidine rings is 1. The highest BCUT2D eigenvalue weighted by molar-refractivity contribution is 5.74. The molecule has 1 unspecified atom stereocenters. The van der Waals surface area contributed by atoms with E-state index < -0.39 is 0 Å². The van der Waals surface area contributed by atoms with Crippen molar-refractivity contribution in [1.82, 2.24) is 10.6 Å². The minimum absolute atomic E-state index is 0.0445. The molecule has 1 atom stereocenters. The van der Waals surface area contributed by atoms with Gasteiger partial charge in [-0.3, -0.25) is 4.79 Å². The van der Waals surface area contributed by atoms with Crippen LogP contribution in [0.1, 0.15) is 12.8 Å². The van der Waals surface area contributed by atoms with Gasteiger partial charge in [0, 0.05) is 13.1 Å². The Morgan fingerprint density at radius 3 is 2.71 bits per heavy atom. The van der Waals surface area contributed by atoms with Crippen LogP contribution in [-0.4, -0.2) is 39.3 Å². The Labute approximate surface area is 84.4 Å². The Kier molecular flexibility index (Phi) is 2.74. The van der Waals surface area contributed by atoms with Crippen molar-refractivity contribution in [3.63, 3.8) is 0 Å². The molecule has 2 N–H and O–H groups in total. The van der Waals surface area contributed by atoms with Crippen molar-refractivity contribution in [2.45, 2.75) is 12.8 Å². The van der Waals surface area contributed by atoms with Gasteiger partial charge in [-0.1, -0.05) is 0 Å². The number of nitrogens with one attached hydrogen (secondary N) is 2. The van der Waals surface area contributed by atoms with Crippen LogP contribution < -0.4 is 10.6 Å². The predicted octanol–water partition coefficient (Wildman–Crippen LogP) is -0.251. The molecule has 2 heterocycles. The lowest BCUT2D eigenvalue weighted by molar-refractivity contribution is -0.149. The van der Waals surface area contributed by atoms with Crippen molar-refractivity contribution < 1.29 is 9.53 Å². The zero-order chi connectivity index (χ0) is 10.0. The van der Waals surface area contributed by atoms with E-state index >= 15 is 0 Å². The quantitative estimate of drug-likeness (QED) is 0.570. The van der Waals surface area contributed by atoms with Crippen molar-refractivity contribution in [1.29, 1.82) is 0 Å². The summed E-state index contributed by atoms with van der Waals surface area (Å²) in [6.45, 7) is 3.80. The topological polar surface area (TPSA) is 50.4 Å². The van der Waals surface area contributed by atoms with Crippen LogP contribution in [0.3, 0.4) is 0 Å². The van der Waals surface area contributed by atoms with Crippen molar-refractivity contribution in [2.24, 2.45) is 11.3 Å². The zero-order valence-corrected chi connectivity index (χ0v) is 8.64. The van der Waals surface area contributed by atoms with Crippen molar-refractivity contribution in [3.05, 3.63) is 0 Å². The first-order valence-corrected chi connectivity index (χ1v) is 5.28. The summed E-state index contributed by atoms with van der Waals surface area (Å²) in [5.41, 5.74) is 0.165. The third kappa shape index (κ3) is 1.53. The third-order valence-corrected chi connectivity index (χ3v) is 3.65. The number of carbonyl (C=O) groups is 1. The molecular weight excluding hydrogens is 180 g/mol. The number of hydrogen-bond donors (Lipinski definition) is 2. The van der Waals surface area contributed by atoms with Gasteiger partial charge in [-0.25, -0.2) is 0 Å². The lowest BCUT2D eigenvalue weighted by Crippen LogP contribution is -2.44. The molecule has 0 amide bonds. The fourth-order valence-electron chi connectivity index (χ4n) is 2.73. The minimum atomic E-state index is -0.0445. The Morgan fingerprint density at radius 1 is 1.36 bits per heavy atom. The van der Waals surface area contributed by atoms with Crippen LogP contribution >= 0.6 is 0 Å². The Hall–Kier alpha value is -0.610. The van der Waals surface area contributed by atoms with Gasteiger partial charge < -0.3 is 15.4 Å². The Bertz CT molecular complexity index is 224. The molecule has 0 aromatic rings. The Morgan fingerprint density at radius 2 is 2.07 bits per heavy atom. The molecule has 2 saturated heterocycles. The van der Waals surface area contributed by atoms with E-state index in [4.69, 9.17) is 4.74 Å². The SMILES string of the molecule is COC(=O)C1CNCC12CCNCC2. The van der Waals surface area contributed by atoms with Gasteiger partial charge >= 0.3 is 5.97 Å². The first-order chi connectivity index (χ1) is 6.78. The summed E-state index contributed by atoms with van der Waals surface area (Å²) >= 11 is 0. The van der Waals surface area contributed by atoms with Gasteiger partial charge in [0.2, 0.25) is 0 Å². The molecule has 4 heteroatoms. The maximum Gasteiger partial charge on any atom is 0.310 e. The van der Waals surface area contributed by atoms with Crippen LogP contribution in [0.25, 0.3) is 0 Å². The average molecular weight is 198 g/mol. The minimum Gasteiger partial charge on any atom is -0.469 e. The number of esters is 1. The molecular formula is C10H18N2O2. The van der Waals surface area contributed by atoms with Crippen LogP contribution in [0.15, 0.2) is 0 Å². The monoisotopic (exact) mass is 198 g/mol. The van der Waals surface area contributed by atoms with Crippen LogP contribution in [0, 0.1) is 11.3 Å². The molecule has 4 nitrogen and oxygen atoms in total. The second-order valence-corrected chi connectivity index (χ2v) is 4.32. The highest BCUT2D eigenvalue weighted by Gasteiger charge is 2.47. The summed E-state index contributed by atoms with van der Waals surface area (Å²) in [5.74, 6) is 0.0199. The molecule has 0 bridgehead atoms. The van der Waals surface area contributed by atoms with Gasteiger partial charge in [0.05, 0.1) is 13.0 Å². The number of rotatable bonds is 1. The molecule has 2 aliphatic rings. The molecule has 0 aliphatic carbocycles. The molecule has 0 saturated carbocycles. The van der Waals surface area contributed by atoms with E-state index in [-0.39, 0.29) is 17.3 Å². The standard InChI is InChI=1S/C10H18N2O2/c1-14-9(13)8-6-12-7-10(8)2-4-11-5-3-10/h8,11-12H,2-7H2,1H3. The molecule has 2 fully saturated rings. The first kappa shape index (κ1) is 9.93. The van der Waals surface area contributed by atoms with Crippen LogP contribution in [0.4, 0.5) is 0 Å². The summed E-state index contributed by atoms with van der Waals surface area (Å²) in [5, 5.41) is 6.65. The van der Waals surface area contributed by atoms with Gasteiger partial charge in [-0.05, 0) is 31.3 Å². The van der Waals surface area contributed by atoms with Crippen LogP contribution in [-0.2, 0) is 9.53 Å². The van der Waals surface area contributed by atoms with Crippen LogP contribution in [0.5, 0.6) is 0 Å². The summed E-state index contributed by atoms with van der Waals surface area (Å²) in [7, 11) is 1.48. The summed E-state index contributed by atoms with van der Waals surface area (Å²) in [6, 6.07) is 0. The molecule has 0 radical (unpaired) electrons. The van der Waals surface area contributed by atoms with Gasteiger partial charge in [0.25, 0.3) is 0 Å². The lowest BCUT2D eigenvalue weighted by atomic mass is 9.71. The van der Waals surface area contributed by atoms with Crippen molar-refractivity contribution in [2.75, 3.05) is 33.3 Å². The fourth-order valence-corrected chi connectivity index (χ4v) is 2.73. The molecule has 0 aromatic carbocycles. The highest BCUT2D eigenvalue weighted by Crippen LogP contribution is 2.40. The number of carbonyl (C=O) groups excluding carboxylic acids is 1. The second kappa shape index (κ2) is 3.87. The zero-order valence-electron chi connectivity index (χ0n) is 8.64. The molecule has 80 valence electrons. The van der Waals surface area contributed by atoms with Crippen molar-refractivity contribution in [3.8, 4) is 0 Å². The normalized spacial score (nSPS) is 30.5. The largest absolute Gasteiger partial charge is 0.469 e. The van der Waals surface area contributed by atoms with Crippen LogP contribution in [0.2, 0.25) is 0 Å². The predicted molar refractivity (Wildman–Crippen MR) is 52.9 cm³/mol. The van der Waals surface area contributed by atoms with E-state index in [1.54, 1.807) is 0 Å². The van der Waals surface area contributed by atoms with E-state index in [0.29, 0.717) is 0 Å². The van der Waals surface area contributed by atoms with E-state index in [9.17, 15) is 4.79 Å². The molecule has 2 rings (SSSR count).